The van der Waals surface area contributed by atoms with Crippen LogP contribution in [-0.2, 0) is 9.53 Å². The van der Waals surface area contributed by atoms with E-state index in [1.54, 1.807) is 6.08 Å². The van der Waals surface area contributed by atoms with Gasteiger partial charge in [0.15, 0.2) is 6.10 Å². The van der Waals surface area contributed by atoms with Gasteiger partial charge in [-0.2, -0.15) is 0 Å². The van der Waals surface area contributed by atoms with Gasteiger partial charge in [0.2, 0.25) is 0 Å². The van der Waals surface area contributed by atoms with Gasteiger partial charge in [0, 0.05) is 5.92 Å². The lowest BCUT2D eigenvalue weighted by Crippen LogP contribution is -2.32. The van der Waals surface area contributed by atoms with Gasteiger partial charge < -0.3 is 9.84 Å². The minimum Gasteiger partial charge on any atom is -0.460 e. The minimum absolute atomic E-state index is 0.128. The van der Waals surface area contributed by atoms with E-state index in [4.69, 9.17) is 4.74 Å². The Labute approximate surface area is 152 Å². The van der Waals surface area contributed by atoms with Crippen LogP contribution in [0.2, 0.25) is 0 Å². The molecule has 138 valence electrons. The Morgan fingerprint density at radius 3 is 2.72 bits per heavy atom. The molecule has 2 rings (SSSR count). The summed E-state index contributed by atoms with van der Waals surface area (Å²) in [5.41, 5.74) is 1.22. The summed E-state index contributed by atoms with van der Waals surface area (Å²) in [4.78, 5) is 12.2. The molecule has 0 unspecified atom stereocenters. The van der Waals surface area contributed by atoms with Crippen LogP contribution in [0.15, 0.2) is 42.5 Å². The van der Waals surface area contributed by atoms with Crippen LogP contribution in [0.5, 0.6) is 0 Å². The SMILES string of the molecule is CCCCCCC=C[C@H](O)C(=O)O[C@@H]1CCCC[C@H]1c1ccccc1. The molecular formula is C22H32O3. The average Bonchev–Trinajstić information content (AvgIpc) is 2.65. The maximum absolute atomic E-state index is 12.2. The second-order valence-electron chi connectivity index (χ2n) is 7.00. The molecule has 0 heterocycles. The molecule has 0 saturated heterocycles. The van der Waals surface area contributed by atoms with E-state index in [9.17, 15) is 9.90 Å². The summed E-state index contributed by atoms with van der Waals surface area (Å²) in [6, 6.07) is 10.3. The topological polar surface area (TPSA) is 46.5 Å². The fraction of sp³-hybridized carbons (Fsp3) is 0.591. The molecule has 3 nitrogen and oxygen atoms in total. The first-order valence-electron chi connectivity index (χ1n) is 9.82. The molecular weight excluding hydrogens is 312 g/mol. The summed E-state index contributed by atoms with van der Waals surface area (Å²) in [6.45, 7) is 2.18. The van der Waals surface area contributed by atoms with Crippen LogP contribution >= 0.6 is 0 Å². The molecule has 1 aliphatic carbocycles. The van der Waals surface area contributed by atoms with E-state index >= 15 is 0 Å². The molecule has 3 atom stereocenters. The Morgan fingerprint density at radius 2 is 1.96 bits per heavy atom. The number of esters is 1. The maximum atomic E-state index is 12.2. The summed E-state index contributed by atoms with van der Waals surface area (Å²) in [7, 11) is 0. The van der Waals surface area contributed by atoms with Crippen molar-refractivity contribution in [3.63, 3.8) is 0 Å². The van der Waals surface area contributed by atoms with Crippen molar-refractivity contribution in [1.82, 2.24) is 0 Å². The van der Waals surface area contributed by atoms with Crippen molar-refractivity contribution in [3.05, 3.63) is 48.0 Å². The number of unbranched alkanes of at least 4 members (excludes halogenated alkanes) is 4. The summed E-state index contributed by atoms with van der Waals surface area (Å²) in [5, 5.41) is 10.0. The molecule has 1 aliphatic rings. The van der Waals surface area contributed by atoms with Crippen LogP contribution < -0.4 is 0 Å². The molecule has 0 bridgehead atoms. The molecule has 0 radical (unpaired) electrons. The highest BCUT2D eigenvalue weighted by atomic mass is 16.6. The highest BCUT2D eigenvalue weighted by Gasteiger charge is 2.30. The molecule has 1 fully saturated rings. The van der Waals surface area contributed by atoms with Crippen LogP contribution in [-0.4, -0.2) is 23.3 Å². The Hall–Kier alpha value is -1.61. The zero-order valence-corrected chi connectivity index (χ0v) is 15.4. The van der Waals surface area contributed by atoms with Crippen molar-refractivity contribution in [3.8, 4) is 0 Å². The summed E-state index contributed by atoms with van der Waals surface area (Å²) >= 11 is 0. The third kappa shape index (κ3) is 6.66. The molecule has 0 aromatic heterocycles. The van der Waals surface area contributed by atoms with Crippen LogP contribution in [0.25, 0.3) is 0 Å². The van der Waals surface area contributed by atoms with Gasteiger partial charge in [-0.3, -0.25) is 0 Å². The van der Waals surface area contributed by atoms with E-state index in [2.05, 4.69) is 19.1 Å². The third-order valence-electron chi connectivity index (χ3n) is 4.98. The standard InChI is InChI=1S/C22H32O3/c1-2-3-4-5-6-10-16-20(23)22(24)25-21-17-12-11-15-19(21)18-13-8-7-9-14-18/h7-10,13-14,16,19-21,23H,2-6,11-12,15,17H2,1H3/t19-,20-,21+/m0/s1. The highest BCUT2D eigenvalue weighted by Crippen LogP contribution is 2.35. The second kappa shape index (κ2) is 11.1. The smallest absolute Gasteiger partial charge is 0.339 e. The maximum Gasteiger partial charge on any atom is 0.339 e. The quantitative estimate of drug-likeness (QED) is 0.383. The van der Waals surface area contributed by atoms with Crippen molar-refractivity contribution in [2.24, 2.45) is 0 Å². The van der Waals surface area contributed by atoms with Gasteiger partial charge in [0.25, 0.3) is 0 Å². The molecule has 1 aromatic rings. The number of aliphatic hydroxyl groups is 1. The fourth-order valence-electron chi connectivity index (χ4n) is 3.53. The van der Waals surface area contributed by atoms with Gasteiger partial charge in [0.05, 0.1) is 0 Å². The molecule has 0 aliphatic heterocycles. The van der Waals surface area contributed by atoms with Crippen molar-refractivity contribution >= 4 is 5.97 Å². The van der Waals surface area contributed by atoms with Gasteiger partial charge in [0.1, 0.15) is 6.10 Å². The fourth-order valence-corrected chi connectivity index (χ4v) is 3.53. The highest BCUT2D eigenvalue weighted by molar-refractivity contribution is 5.76. The molecule has 1 N–H and O–H groups in total. The minimum atomic E-state index is -1.15. The Bertz CT molecular complexity index is 523. The van der Waals surface area contributed by atoms with Crippen LogP contribution in [0, 0.1) is 0 Å². The zero-order chi connectivity index (χ0) is 17.9. The van der Waals surface area contributed by atoms with E-state index in [0.717, 1.165) is 38.5 Å². The van der Waals surface area contributed by atoms with Crippen molar-refractivity contribution in [2.75, 3.05) is 0 Å². The number of ether oxygens (including phenoxy) is 1. The van der Waals surface area contributed by atoms with Gasteiger partial charge >= 0.3 is 5.97 Å². The monoisotopic (exact) mass is 344 g/mol. The van der Waals surface area contributed by atoms with Crippen molar-refractivity contribution in [2.45, 2.75) is 82.8 Å². The third-order valence-corrected chi connectivity index (χ3v) is 4.98. The van der Waals surface area contributed by atoms with Gasteiger partial charge in [-0.15, -0.1) is 0 Å². The lowest BCUT2D eigenvalue weighted by atomic mass is 9.81. The Kier molecular flexibility index (Phi) is 8.75. The molecule has 0 amide bonds. The lowest BCUT2D eigenvalue weighted by molar-refractivity contribution is -0.159. The summed E-state index contributed by atoms with van der Waals surface area (Å²) < 4.78 is 5.68. The first-order chi connectivity index (χ1) is 12.2. The number of carbonyl (C=O) groups excluding carboxylic acids is 1. The number of allylic oxidation sites excluding steroid dienone is 1. The molecule has 25 heavy (non-hydrogen) atoms. The van der Waals surface area contributed by atoms with Crippen molar-refractivity contribution < 1.29 is 14.6 Å². The van der Waals surface area contributed by atoms with E-state index < -0.39 is 12.1 Å². The zero-order valence-electron chi connectivity index (χ0n) is 15.4. The first kappa shape index (κ1) is 19.7. The first-order valence-corrected chi connectivity index (χ1v) is 9.82. The number of hydrogen-bond donors (Lipinski definition) is 1. The number of benzene rings is 1. The van der Waals surface area contributed by atoms with E-state index in [1.165, 1.54) is 24.8 Å². The van der Waals surface area contributed by atoms with Gasteiger partial charge in [-0.05, 0) is 43.7 Å². The molecule has 1 saturated carbocycles. The Balaban J connectivity index is 1.83. The van der Waals surface area contributed by atoms with Crippen LogP contribution in [0.4, 0.5) is 0 Å². The summed E-state index contributed by atoms with van der Waals surface area (Å²) in [5.74, 6) is -0.276. The summed E-state index contributed by atoms with van der Waals surface area (Å²) in [6.07, 6.45) is 12.0. The molecule has 1 aromatic carbocycles. The van der Waals surface area contributed by atoms with Crippen LogP contribution in [0.1, 0.15) is 76.2 Å². The van der Waals surface area contributed by atoms with Crippen molar-refractivity contribution in [1.29, 1.82) is 0 Å². The predicted octanol–water partition coefficient (Wildman–Crippen LogP) is 5.14. The van der Waals surface area contributed by atoms with Gasteiger partial charge in [-0.25, -0.2) is 4.79 Å². The lowest BCUT2D eigenvalue weighted by Gasteiger charge is -2.31. The largest absolute Gasteiger partial charge is 0.460 e. The molecule has 3 heteroatoms. The normalized spacial score (nSPS) is 22.0. The molecule has 0 spiro atoms. The number of carbonyl (C=O) groups is 1. The second-order valence-corrected chi connectivity index (χ2v) is 7.00. The average molecular weight is 344 g/mol. The number of rotatable bonds is 9. The van der Waals surface area contributed by atoms with E-state index in [-0.39, 0.29) is 12.0 Å². The van der Waals surface area contributed by atoms with E-state index in [1.807, 2.05) is 24.3 Å². The Morgan fingerprint density at radius 1 is 1.20 bits per heavy atom. The number of hydrogen-bond acceptors (Lipinski definition) is 3. The van der Waals surface area contributed by atoms with Crippen LogP contribution in [0.3, 0.4) is 0 Å². The van der Waals surface area contributed by atoms with E-state index in [0.29, 0.717) is 0 Å². The number of aliphatic hydroxyl groups excluding tert-OH is 1. The predicted molar refractivity (Wildman–Crippen MR) is 101 cm³/mol. The van der Waals surface area contributed by atoms with Gasteiger partial charge in [-0.1, -0.05) is 69.0 Å².